The molecule has 0 N–H and O–H groups in total. The van der Waals surface area contributed by atoms with Crippen molar-refractivity contribution in [1.82, 2.24) is 9.80 Å². The Morgan fingerprint density at radius 2 is 1.88 bits per heavy atom. The molecule has 2 aliphatic rings. The minimum Gasteiger partial charge on any atom is -0.368 e. The Hall–Kier alpha value is -2.28. The van der Waals surface area contributed by atoms with Crippen molar-refractivity contribution in [2.45, 2.75) is 58.7 Å². The van der Waals surface area contributed by atoms with Crippen molar-refractivity contribution in [2.24, 2.45) is 0 Å². The molecule has 2 aliphatic heterocycles. The number of rotatable bonds is 6. The first kappa shape index (κ1) is 24.8. The van der Waals surface area contributed by atoms with E-state index in [4.69, 9.17) is 16.3 Å². The second kappa shape index (κ2) is 10.5. The highest BCUT2D eigenvalue weighted by atomic mass is 35.5. The van der Waals surface area contributed by atoms with Crippen molar-refractivity contribution in [3.05, 3.63) is 69.0 Å². The van der Waals surface area contributed by atoms with Crippen LogP contribution in [0.25, 0.3) is 0 Å². The van der Waals surface area contributed by atoms with Crippen LogP contribution in [0.15, 0.2) is 30.3 Å². The summed E-state index contributed by atoms with van der Waals surface area (Å²) in [4.78, 5) is 29.9. The van der Waals surface area contributed by atoms with Crippen molar-refractivity contribution < 1.29 is 18.7 Å². The molecule has 5 nitrogen and oxygen atoms in total. The van der Waals surface area contributed by atoms with Crippen LogP contribution in [-0.4, -0.2) is 59.9 Å². The lowest BCUT2D eigenvalue weighted by Gasteiger charge is -2.41. The normalized spacial score (nSPS) is 21.1. The monoisotopic (exact) mass is 486 g/mol. The maximum absolute atomic E-state index is 13.8. The largest absolute Gasteiger partial charge is 0.368 e. The SMILES string of the molecule is Cc1cc(F)cc(C(=O)Cc2cc(Cl)cc(CN3CCN(C(=O)[C@@H]4CCCO4)[C@@H](C)C3)c2C)c1. The van der Waals surface area contributed by atoms with E-state index in [0.29, 0.717) is 30.3 Å². The summed E-state index contributed by atoms with van der Waals surface area (Å²) in [5.41, 5.74) is 4.04. The maximum Gasteiger partial charge on any atom is 0.252 e. The number of benzene rings is 2. The van der Waals surface area contributed by atoms with Gasteiger partial charge in [-0.05, 0) is 86.2 Å². The number of aryl methyl sites for hydroxylation is 1. The molecule has 0 radical (unpaired) electrons. The van der Waals surface area contributed by atoms with Gasteiger partial charge in [0, 0.05) is 55.8 Å². The second-order valence-electron chi connectivity index (χ2n) is 9.58. The third-order valence-corrected chi connectivity index (χ3v) is 7.11. The van der Waals surface area contributed by atoms with Crippen LogP contribution >= 0.6 is 11.6 Å². The van der Waals surface area contributed by atoms with Crippen LogP contribution < -0.4 is 0 Å². The van der Waals surface area contributed by atoms with Crippen LogP contribution in [0.4, 0.5) is 4.39 Å². The molecule has 0 unspecified atom stereocenters. The fraction of sp³-hybridized carbons (Fsp3) is 0.481. The number of amides is 1. The van der Waals surface area contributed by atoms with Crippen molar-refractivity contribution >= 4 is 23.3 Å². The van der Waals surface area contributed by atoms with E-state index < -0.39 is 5.82 Å². The van der Waals surface area contributed by atoms with Crippen LogP contribution in [0.1, 0.15) is 52.4 Å². The van der Waals surface area contributed by atoms with Crippen molar-refractivity contribution in [1.29, 1.82) is 0 Å². The summed E-state index contributed by atoms with van der Waals surface area (Å²) >= 11 is 6.43. The van der Waals surface area contributed by atoms with Gasteiger partial charge in [0.1, 0.15) is 11.9 Å². The highest BCUT2D eigenvalue weighted by molar-refractivity contribution is 6.30. The van der Waals surface area contributed by atoms with E-state index >= 15 is 0 Å². The first-order valence-electron chi connectivity index (χ1n) is 11.9. The van der Waals surface area contributed by atoms with Crippen molar-refractivity contribution in [3.8, 4) is 0 Å². The number of hydrogen-bond donors (Lipinski definition) is 0. The molecule has 1 amide bonds. The Morgan fingerprint density at radius 3 is 2.56 bits per heavy atom. The Kier molecular flexibility index (Phi) is 7.70. The highest BCUT2D eigenvalue weighted by Gasteiger charge is 2.34. The van der Waals surface area contributed by atoms with Gasteiger partial charge in [-0.2, -0.15) is 0 Å². The summed E-state index contributed by atoms with van der Waals surface area (Å²) in [5.74, 6) is -0.427. The van der Waals surface area contributed by atoms with Gasteiger partial charge < -0.3 is 9.64 Å². The predicted octanol–water partition coefficient (Wildman–Crippen LogP) is 4.73. The van der Waals surface area contributed by atoms with Crippen molar-refractivity contribution in [2.75, 3.05) is 26.2 Å². The van der Waals surface area contributed by atoms with E-state index in [0.717, 1.165) is 48.2 Å². The fourth-order valence-electron chi connectivity index (χ4n) is 5.02. The molecule has 0 spiro atoms. The average Bonchev–Trinajstić information content (AvgIpc) is 3.31. The Balaban J connectivity index is 1.44. The molecular formula is C27H32ClFN2O3. The summed E-state index contributed by atoms with van der Waals surface area (Å²) in [7, 11) is 0. The van der Waals surface area contributed by atoms with E-state index in [9.17, 15) is 14.0 Å². The van der Waals surface area contributed by atoms with E-state index in [1.165, 1.54) is 12.1 Å². The molecule has 0 saturated carbocycles. The van der Waals surface area contributed by atoms with Gasteiger partial charge in [-0.15, -0.1) is 0 Å². The molecule has 2 fully saturated rings. The van der Waals surface area contributed by atoms with E-state index in [2.05, 4.69) is 11.8 Å². The molecule has 7 heteroatoms. The number of ether oxygens (including phenoxy) is 1. The standard InChI is InChI=1S/C27H32ClFN2O3/c1-17-9-21(13-24(29)10-17)25(32)14-20-11-23(28)12-22(19(20)3)16-30-6-7-31(18(2)15-30)27(33)26-5-4-8-34-26/h9-13,18,26H,4-8,14-16H2,1-3H3/t18-,26-/m0/s1. The van der Waals surface area contributed by atoms with Gasteiger partial charge >= 0.3 is 0 Å². The van der Waals surface area contributed by atoms with Gasteiger partial charge in [0.05, 0.1) is 0 Å². The third kappa shape index (κ3) is 5.68. The minimum absolute atomic E-state index is 0.0993. The van der Waals surface area contributed by atoms with Gasteiger partial charge in [-0.25, -0.2) is 4.39 Å². The lowest BCUT2D eigenvalue weighted by atomic mass is 9.95. The van der Waals surface area contributed by atoms with Crippen LogP contribution in [0.3, 0.4) is 0 Å². The van der Waals surface area contributed by atoms with Gasteiger partial charge in [-0.3, -0.25) is 14.5 Å². The lowest BCUT2D eigenvalue weighted by Crippen LogP contribution is -2.55. The Bertz CT molecular complexity index is 1060. The number of carbonyl (C=O) groups is 2. The van der Waals surface area contributed by atoms with Crippen molar-refractivity contribution in [3.63, 3.8) is 0 Å². The summed E-state index contributed by atoms with van der Waals surface area (Å²) < 4.78 is 19.4. The van der Waals surface area contributed by atoms with E-state index in [1.807, 2.05) is 24.0 Å². The van der Waals surface area contributed by atoms with Crippen LogP contribution in [0.5, 0.6) is 0 Å². The molecule has 2 saturated heterocycles. The second-order valence-corrected chi connectivity index (χ2v) is 10.0. The molecule has 0 aliphatic carbocycles. The summed E-state index contributed by atoms with van der Waals surface area (Å²) in [6.07, 6.45) is 1.64. The number of piperazine rings is 1. The summed E-state index contributed by atoms with van der Waals surface area (Å²) in [6, 6.07) is 8.29. The van der Waals surface area contributed by atoms with Gasteiger partial charge in [0.25, 0.3) is 5.91 Å². The fourth-order valence-corrected chi connectivity index (χ4v) is 5.28. The Labute approximate surface area is 205 Å². The topological polar surface area (TPSA) is 49.9 Å². The molecule has 0 aromatic heterocycles. The molecule has 34 heavy (non-hydrogen) atoms. The quantitative estimate of drug-likeness (QED) is 0.554. The number of ketones is 1. The molecule has 2 aromatic rings. The Morgan fingerprint density at radius 1 is 1.12 bits per heavy atom. The van der Waals surface area contributed by atoms with Gasteiger partial charge in [-0.1, -0.05) is 11.6 Å². The minimum atomic E-state index is -0.405. The molecule has 0 bridgehead atoms. The number of carbonyl (C=O) groups excluding carboxylic acids is 2. The van der Waals surface area contributed by atoms with Gasteiger partial charge in [0.15, 0.2) is 5.78 Å². The number of hydrogen-bond acceptors (Lipinski definition) is 4. The third-order valence-electron chi connectivity index (χ3n) is 6.90. The first-order valence-corrected chi connectivity index (χ1v) is 12.3. The molecular weight excluding hydrogens is 455 g/mol. The van der Waals surface area contributed by atoms with E-state index in [-0.39, 0.29) is 30.3 Å². The van der Waals surface area contributed by atoms with E-state index in [1.54, 1.807) is 13.0 Å². The summed E-state index contributed by atoms with van der Waals surface area (Å²) in [6.45, 7) is 9.43. The number of halogens is 2. The van der Waals surface area contributed by atoms with Gasteiger partial charge in [0.2, 0.25) is 0 Å². The highest BCUT2D eigenvalue weighted by Crippen LogP contribution is 2.25. The first-order chi connectivity index (χ1) is 16.2. The smallest absolute Gasteiger partial charge is 0.252 e. The molecule has 4 rings (SSSR count). The molecule has 2 heterocycles. The van der Waals surface area contributed by atoms with Crippen LogP contribution in [0, 0.1) is 19.7 Å². The summed E-state index contributed by atoms with van der Waals surface area (Å²) in [5, 5.41) is 0.582. The molecule has 2 atom stereocenters. The zero-order valence-corrected chi connectivity index (χ0v) is 20.8. The molecule has 182 valence electrons. The van der Waals surface area contributed by atoms with Crippen LogP contribution in [-0.2, 0) is 22.5 Å². The number of Topliss-reactive ketones (excluding diaryl/α,β-unsaturated/α-hetero) is 1. The van der Waals surface area contributed by atoms with Crippen LogP contribution in [0.2, 0.25) is 5.02 Å². The number of nitrogens with zero attached hydrogens (tertiary/aromatic N) is 2. The molecule has 2 aromatic carbocycles. The zero-order chi connectivity index (χ0) is 24.4. The maximum atomic E-state index is 13.8. The zero-order valence-electron chi connectivity index (χ0n) is 20.1. The predicted molar refractivity (Wildman–Crippen MR) is 131 cm³/mol. The average molecular weight is 487 g/mol. The lowest BCUT2D eigenvalue weighted by molar-refractivity contribution is -0.145.